The molecule has 0 aliphatic heterocycles. The number of hydrogen-bond acceptors (Lipinski definition) is 2. The third-order valence-electron chi connectivity index (χ3n) is 6.42. The maximum atomic E-state index is 6.51. The summed E-state index contributed by atoms with van der Waals surface area (Å²) in [5, 5.41) is 1.89. The Kier molecular flexibility index (Phi) is 7.17. The summed E-state index contributed by atoms with van der Waals surface area (Å²) in [7, 11) is 0. The summed E-state index contributed by atoms with van der Waals surface area (Å²) in [4.78, 5) is 0. The number of hydrogen-bond donors (Lipinski definition) is 1. The van der Waals surface area contributed by atoms with Gasteiger partial charge in [-0.05, 0) is 53.6 Å². The molecule has 0 spiro atoms. The van der Waals surface area contributed by atoms with Crippen LogP contribution in [0.2, 0.25) is 5.02 Å². The molecule has 0 bridgehead atoms. The molecule has 0 atom stereocenters. The van der Waals surface area contributed by atoms with Crippen LogP contribution < -0.4 is 10.5 Å². The predicted octanol–water partition coefficient (Wildman–Crippen LogP) is 7.06. The van der Waals surface area contributed by atoms with E-state index in [0.29, 0.717) is 13.2 Å². The molecule has 0 unspecified atom stereocenters. The minimum absolute atomic E-state index is 0.0198. The third-order valence-corrected chi connectivity index (χ3v) is 6.65. The molecule has 0 amide bonds. The zero-order valence-corrected chi connectivity index (χ0v) is 20.4. The average molecular weight is 481 g/mol. The number of benzene rings is 4. The third kappa shape index (κ3) is 4.97. The van der Waals surface area contributed by atoms with E-state index < -0.39 is 0 Å². The van der Waals surface area contributed by atoms with Crippen LogP contribution >= 0.6 is 11.6 Å². The van der Waals surface area contributed by atoms with Gasteiger partial charge in [0.2, 0.25) is 0 Å². The minimum Gasteiger partial charge on any atom is -0.493 e. The lowest BCUT2D eigenvalue weighted by molar-refractivity contribution is 0.322. The van der Waals surface area contributed by atoms with E-state index in [9.17, 15) is 0 Å². The van der Waals surface area contributed by atoms with E-state index in [4.69, 9.17) is 22.1 Å². The van der Waals surface area contributed by atoms with Crippen molar-refractivity contribution in [1.82, 2.24) is 4.57 Å². The summed E-state index contributed by atoms with van der Waals surface area (Å²) >= 11 is 6.51. The first-order valence-corrected chi connectivity index (χ1v) is 12.4. The molecule has 0 saturated carbocycles. The molecule has 4 heteroatoms. The fraction of sp³-hybridized carbons (Fsp3) is 0.161. The van der Waals surface area contributed by atoms with E-state index in [-0.39, 0.29) is 6.04 Å². The van der Waals surface area contributed by atoms with Crippen LogP contribution in [0.5, 0.6) is 5.75 Å². The highest BCUT2D eigenvalue weighted by molar-refractivity contribution is 6.31. The van der Waals surface area contributed by atoms with Crippen LogP contribution in [0.3, 0.4) is 0 Å². The second-order valence-corrected chi connectivity index (χ2v) is 9.07. The molecule has 0 aliphatic rings. The Labute approximate surface area is 211 Å². The molecule has 4 aromatic carbocycles. The molecule has 1 aromatic heterocycles. The van der Waals surface area contributed by atoms with Crippen molar-refractivity contribution >= 4 is 22.5 Å². The van der Waals surface area contributed by atoms with Gasteiger partial charge in [0.15, 0.2) is 0 Å². The zero-order valence-electron chi connectivity index (χ0n) is 19.6. The Morgan fingerprint density at radius 1 is 0.743 bits per heavy atom. The van der Waals surface area contributed by atoms with Crippen molar-refractivity contribution in [3.63, 3.8) is 0 Å². The van der Waals surface area contributed by atoms with Crippen LogP contribution in [0.25, 0.3) is 10.9 Å². The van der Waals surface area contributed by atoms with Crippen LogP contribution in [0, 0.1) is 0 Å². The Morgan fingerprint density at radius 2 is 1.34 bits per heavy atom. The molecular weight excluding hydrogens is 452 g/mol. The maximum Gasteiger partial charge on any atom is 0.119 e. The van der Waals surface area contributed by atoms with Gasteiger partial charge in [0.05, 0.1) is 12.6 Å². The number of para-hydroxylation sites is 1. The highest BCUT2D eigenvalue weighted by Crippen LogP contribution is 2.37. The highest BCUT2D eigenvalue weighted by atomic mass is 35.5. The second kappa shape index (κ2) is 10.8. The van der Waals surface area contributed by atoms with E-state index in [2.05, 4.69) is 77.4 Å². The lowest BCUT2D eigenvalue weighted by Gasteiger charge is -2.25. The normalized spacial score (nSPS) is 11.3. The second-order valence-electron chi connectivity index (χ2n) is 8.63. The number of aromatic nitrogens is 1. The Hall–Kier alpha value is -3.53. The number of rotatable bonds is 9. The van der Waals surface area contributed by atoms with E-state index in [0.717, 1.165) is 34.5 Å². The lowest BCUT2D eigenvalue weighted by atomic mass is 9.97. The van der Waals surface area contributed by atoms with Crippen LogP contribution in [-0.2, 0) is 12.8 Å². The lowest BCUT2D eigenvalue weighted by Crippen LogP contribution is -2.18. The van der Waals surface area contributed by atoms with E-state index in [1.54, 1.807) is 0 Å². The molecule has 1 heterocycles. The average Bonchev–Trinajstić information content (AvgIpc) is 3.18. The topological polar surface area (TPSA) is 40.2 Å². The number of fused-ring (bicyclic) bond motifs is 1. The molecule has 0 fully saturated rings. The van der Waals surface area contributed by atoms with Gasteiger partial charge >= 0.3 is 0 Å². The van der Waals surface area contributed by atoms with Crippen molar-refractivity contribution in [1.29, 1.82) is 0 Å². The molecule has 2 N–H and O–H groups in total. The van der Waals surface area contributed by atoms with Crippen LogP contribution in [-0.4, -0.2) is 17.7 Å². The molecule has 0 saturated heterocycles. The highest BCUT2D eigenvalue weighted by Gasteiger charge is 2.25. The maximum absolute atomic E-state index is 6.51. The largest absolute Gasteiger partial charge is 0.493 e. The van der Waals surface area contributed by atoms with E-state index >= 15 is 0 Å². The summed E-state index contributed by atoms with van der Waals surface area (Å²) in [5.41, 5.74) is 12.3. The van der Waals surface area contributed by atoms with Crippen molar-refractivity contribution in [3.05, 3.63) is 137 Å². The standard InChI is InChI=1S/C31H29ClN2O/c32-25-16-17-29-28(22-25)27(19-21-35-26-14-8-3-9-15-26)30(18-20-33)34(29)31(23-10-4-1-5-11-23)24-12-6-2-7-13-24/h1-17,22,31H,18-21,33H2. The van der Waals surface area contributed by atoms with Crippen molar-refractivity contribution < 1.29 is 4.74 Å². The summed E-state index contributed by atoms with van der Waals surface area (Å²) in [6.45, 7) is 1.14. The summed E-state index contributed by atoms with van der Waals surface area (Å²) in [5.74, 6) is 0.876. The summed E-state index contributed by atoms with van der Waals surface area (Å²) in [6, 6.07) is 37.5. The first-order chi connectivity index (χ1) is 17.3. The number of halogens is 1. The molecule has 0 radical (unpaired) electrons. The molecule has 5 rings (SSSR count). The molecule has 176 valence electrons. The van der Waals surface area contributed by atoms with Gasteiger partial charge in [0.25, 0.3) is 0 Å². The van der Waals surface area contributed by atoms with Crippen molar-refractivity contribution in [3.8, 4) is 5.75 Å². The van der Waals surface area contributed by atoms with Crippen molar-refractivity contribution in [2.45, 2.75) is 18.9 Å². The van der Waals surface area contributed by atoms with E-state index in [1.807, 2.05) is 36.4 Å². The Balaban J connectivity index is 1.67. The SMILES string of the molecule is NCCc1c(CCOc2ccccc2)c2cc(Cl)ccc2n1C(c1ccccc1)c1ccccc1. The molecule has 5 aromatic rings. The first-order valence-electron chi connectivity index (χ1n) is 12.0. The minimum atomic E-state index is 0.0198. The fourth-order valence-electron chi connectivity index (χ4n) is 4.94. The van der Waals surface area contributed by atoms with E-state index in [1.165, 1.54) is 22.4 Å². The smallest absolute Gasteiger partial charge is 0.119 e. The monoisotopic (exact) mass is 480 g/mol. The van der Waals surface area contributed by atoms with Gasteiger partial charge in [-0.3, -0.25) is 0 Å². The zero-order chi connectivity index (χ0) is 24.0. The predicted molar refractivity (Wildman–Crippen MR) is 145 cm³/mol. The van der Waals surface area contributed by atoms with Gasteiger partial charge in [0.1, 0.15) is 5.75 Å². The molecule has 0 aliphatic carbocycles. The molecular formula is C31H29ClN2O. The van der Waals surface area contributed by atoms with Crippen LogP contribution in [0.4, 0.5) is 0 Å². The number of nitrogens with two attached hydrogens (primary N) is 1. The van der Waals surface area contributed by atoms with Crippen molar-refractivity contribution in [2.75, 3.05) is 13.2 Å². The van der Waals surface area contributed by atoms with Gasteiger partial charge in [-0.1, -0.05) is 90.5 Å². The van der Waals surface area contributed by atoms with Crippen LogP contribution in [0.1, 0.15) is 28.4 Å². The summed E-state index contributed by atoms with van der Waals surface area (Å²) < 4.78 is 8.55. The Morgan fingerprint density at radius 3 is 1.94 bits per heavy atom. The van der Waals surface area contributed by atoms with Gasteiger partial charge < -0.3 is 15.0 Å². The van der Waals surface area contributed by atoms with Gasteiger partial charge in [-0.25, -0.2) is 0 Å². The fourth-order valence-corrected chi connectivity index (χ4v) is 5.11. The van der Waals surface area contributed by atoms with Crippen LogP contribution in [0.15, 0.2) is 109 Å². The first kappa shape index (κ1) is 23.2. The van der Waals surface area contributed by atoms with Gasteiger partial charge in [-0.2, -0.15) is 0 Å². The molecule has 3 nitrogen and oxygen atoms in total. The van der Waals surface area contributed by atoms with Gasteiger partial charge in [-0.15, -0.1) is 0 Å². The van der Waals surface area contributed by atoms with Crippen molar-refractivity contribution in [2.24, 2.45) is 5.73 Å². The quantitative estimate of drug-likeness (QED) is 0.245. The Bertz CT molecular complexity index is 1340. The number of nitrogens with zero attached hydrogens (tertiary/aromatic N) is 1. The summed E-state index contributed by atoms with van der Waals surface area (Å²) in [6.07, 6.45) is 1.54. The number of ether oxygens (including phenoxy) is 1. The van der Waals surface area contributed by atoms with Gasteiger partial charge in [0, 0.05) is 34.5 Å². The molecule has 35 heavy (non-hydrogen) atoms.